The number of ether oxygens (including phenoxy) is 1. The van der Waals surface area contributed by atoms with Gasteiger partial charge in [0.05, 0.1) is 16.5 Å². The third kappa shape index (κ3) is 4.71. The maximum absolute atomic E-state index is 13.3. The van der Waals surface area contributed by atoms with Gasteiger partial charge in [-0.2, -0.15) is 5.10 Å². The van der Waals surface area contributed by atoms with Gasteiger partial charge >= 0.3 is 0 Å². The third-order valence-corrected chi connectivity index (χ3v) is 7.26. The lowest BCUT2D eigenvalue weighted by atomic mass is 9.87. The van der Waals surface area contributed by atoms with Gasteiger partial charge in [0, 0.05) is 16.8 Å². The standard InChI is InChI=1S/C28H23N3O4S/c1-19(20-10-9-11-21(18-20)31-36(33,34)22-12-3-2-4-13-22)29-30-28(32)27-23-14-5-7-16-25(23)35-26-17-8-6-15-24(26)27/h2-18,27,31H,1H3,(H,30,32)/b29-19-. The first kappa shape index (κ1) is 23.3. The largest absolute Gasteiger partial charge is 0.457 e. The molecule has 0 atom stereocenters. The van der Waals surface area contributed by atoms with Gasteiger partial charge in [-0.15, -0.1) is 0 Å². The maximum Gasteiger partial charge on any atom is 0.261 e. The fraction of sp³-hybridized carbons (Fsp3) is 0.0714. The highest BCUT2D eigenvalue weighted by molar-refractivity contribution is 7.92. The molecule has 0 bridgehead atoms. The highest BCUT2D eigenvalue weighted by Gasteiger charge is 2.32. The number of hydrogen-bond acceptors (Lipinski definition) is 5. The van der Waals surface area contributed by atoms with Gasteiger partial charge in [-0.1, -0.05) is 66.7 Å². The molecule has 1 aliphatic rings. The van der Waals surface area contributed by atoms with Crippen molar-refractivity contribution in [2.45, 2.75) is 17.7 Å². The highest BCUT2D eigenvalue weighted by atomic mass is 32.2. The van der Waals surface area contributed by atoms with Crippen molar-refractivity contribution in [3.63, 3.8) is 0 Å². The first-order valence-electron chi connectivity index (χ1n) is 11.3. The molecule has 0 saturated heterocycles. The third-order valence-electron chi connectivity index (χ3n) is 5.86. The zero-order valence-electron chi connectivity index (χ0n) is 19.4. The fourth-order valence-corrected chi connectivity index (χ4v) is 5.15. The number of anilines is 1. The van der Waals surface area contributed by atoms with Gasteiger partial charge in [-0.25, -0.2) is 13.8 Å². The van der Waals surface area contributed by atoms with Crippen LogP contribution in [0.1, 0.15) is 29.5 Å². The Kier molecular flexibility index (Phi) is 6.26. The Morgan fingerprint density at radius 1 is 0.806 bits per heavy atom. The highest BCUT2D eigenvalue weighted by Crippen LogP contribution is 2.43. The van der Waals surface area contributed by atoms with Gasteiger partial charge in [0.1, 0.15) is 11.5 Å². The number of carbonyl (C=O) groups is 1. The summed E-state index contributed by atoms with van der Waals surface area (Å²) >= 11 is 0. The fourth-order valence-electron chi connectivity index (χ4n) is 4.08. The second-order valence-electron chi connectivity index (χ2n) is 8.28. The van der Waals surface area contributed by atoms with Gasteiger partial charge in [0.25, 0.3) is 15.9 Å². The van der Waals surface area contributed by atoms with Gasteiger partial charge in [0.2, 0.25) is 0 Å². The van der Waals surface area contributed by atoms with Crippen LogP contribution in [0.5, 0.6) is 11.5 Å². The van der Waals surface area contributed by atoms with Gasteiger partial charge in [0.15, 0.2) is 0 Å². The minimum Gasteiger partial charge on any atom is -0.457 e. The van der Waals surface area contributed by atoms with Crippen molar-refractivity contribution in [2.75, 3.05) is 4.72 Å². The van der Waals surface area contributed by atoms with Crippen LogP contribution in [-0.4, -0.2) is 20.0 Å². The number of rotatable bonds is 6. The number of benzene rings is 4. The first-order chi connectivity index (χ1) is 17.4. The van der Waals surface area contributed by atoms with E-state index in [4.69, 9.17) is 4.74 Å². The molecule has 0 spiro atoms. The Hall–Kier alpha value is -4.43. The topological polar surface area (TPSA) is 96.9 Å². The molecule has 0 unspecified atom stereocenters. The number of amides is 1. The Balaban J connectivity index is 1.36. The molecule has 0 aliphatic carbocycles. The molecule has 0 aromatic heterocycles. The van der Waals surface area contributed by atoms with E-state index in [0.29, 0.717) is 28.5 Å². The van der Waals surface area contributed by atoms with E-state index in [2.05, 4.69) is 15.2 Å². The SMILES string of the molecule is C/C(=N/NC(=O)C1c2ccccc2Oc2ccccc21)c1cccc(NS(=O)(=O)c2ccccc2)c1. The molecule has 5 rings (SSSR count). The molecule has 180 valence electrons. The predicted octanol–water partition coefficient (Wildman–Crippen LogP) is 5.27. The van der Waals surface area contributed by atoms with E-state index < -0.39 is 15.9 Å². The number of fused-ring (bicyclic) bond motifs is 2. The van der Waals surface area contributed by atoms with Crippen molar-refractivity contribution in [1.82, 2.24) is 5.43 Å². The molecule has 4 aromatic rings. The quantitative estimate of drug-likeness (QED) is 0.280. The molecule has 1 aliphatic heterocycles. The van der Waals surface area contributed by atoms with Crippen LogP contribution in [0.15, 0.2) is 113 Å². The summed E-state index contributed by atoms with van der Waals surface area (Å²) < 4.78 is 33.9. The van der Waals surface area contributed by atoms with Crippen LogP contribution in [0.2, 0.25) is 0 Å². The lowest BCUT2D eigenvalue weighted by Crippen LogP contribution is -2.29. The average molecular weight is 498 g/mol. The molecule has 8 heteroatoms. The number of para-hydroxylation sites is 2. The van der Waals surface area contributed by atoms with Crippen LogP contribution in [0.25, 0.3) is 0 Å². The monoisotopic (exact) mass is 497 g/mol. The number of carbonyl (C=O) groups excluding carboxylic acids is 1. The normalized spacial score (nSPS) is 13.2. The number of nitrogens with zero attached hydrogens (tertiary/aromatic N) is 1. The molecular formula is C28H23N3O4S. The molecule has 0 fully saturated rings. The van der Waals surface area contributed by atoms with E-state index in [1.165, 1.54) is 12.1 Å². The minimum absolute atomic E-state index is 0.171. The molecule has 4 aromatic carbocycles. The zero-order valence-corrected chi connectivity index (χ0v) is 20.2. The molecule has 7 nitrogen and oxygen atoms in total. The van der Waals surface area contributed by atoms with Crippen LogP contribution >= 0.6 is 0 Å². The minimum atomic E-state index is -3.72. The number of hydrogen-bond donors (Lipinski definition) is 2. The van der Waals surface area contributed by atoms with E-state index in [0.717, 1.165) is 11.1 Å². The van der Waals surface area contributed by atoms with E-state index in [-0.39, 0.29) is 10.8 Å². The van der Waals surface area contributed by atoms with Crippen molar-refractivity contribution in [1.29, 1.82) is 0 Å². The van der Waals surface area contributed by atoms with Gasteiger partial charge < -0.3 is 4.74 Å². The van der Waals surface area contributed by atoms with E-state index in [1.54, 1.807) is 49.4 Å². The molecule has 2 N–H and O–H groups in total. The summed E-state index contributed by atoms with van der Waals surface area (Å²) in [6, 6.07) is 29.9. The van der Waals surface area contributed by atoms with Crippen molar-refractivity contribution < 1.29 is 17.9 Å². The molecule has 0 saturated carbocycles. The van der Waals surface area contributed by atoms with Gasteiger partial charge in [-0.3, -0.25) is 9.52 Å². The predicted molar refractivity (Wildman–Crippen MR) is 139 cm³/mol. The summed E-state index contributed by atoms with van der Waals surface area (Å²) in [6.45, 7) is 1.75. The summed E-state index contributed by atoms with van der Waals surface area (Å²) in [5.41, 5.74) is 5.79. The second-order valence-corrected chi connectivity index (χ2v) is 9.97. The lowest BCUT2D eigenvalue weighted by Gasteiger charge is -2.26. The van der Waals surface area contributed by atoms with E-state index in [1.807, 2.05) is 48.5 Å². The van der Waals surface area contributed by atoms with Crippen LogP contribution in [0, 0.1) is 0 Å². The molecular weight excluding hydrogens is 474 g/mol. The summed E-state index contributed by atoms with van der Waals surface area (Å²) in [5.74, 6) is 0.399. The molecule has 1 heterocycles. The number of sulfonamides is 1. The Labute approximate surface area is 209 Å². The summed E-state index contributed by atoms with van der Waals surface area (Å²) in [6.07, 6.45) is 0. The lowest BCUT2D eigenvalue weighted by molar-refractivity contribution is -0.121. The smallest absolute Gasteiger partial charge is 0.261 e. The molecule has 36 heavy (non-hydrogen) atoms. The van der Waals surface area contributed by atoms with Crippen molar-refractivity contribution in [3.05, 3.63) is 120 Å². The first-order valence-corrected chi connectivity index (χ1v) is 12.8. The van der Waals surface area contributed by atoms with Gasteiger partial charge in [-0.05, 0) is 48.9 Å². The van der Waals surface area contributed by atoms with Crippen LogP contribution in [0.4, 0.5) is 5.69 Å². The van der Waals surface area contributed by atoms with E-state index in [9.17, 15) is 13.2 Å². The maximum atomic E-state index is 13.3. The average Bonchev–Trinajstić information content (AvgIpc) is 2.90. The van der Waals surface area contributed by atoms with E-state index >= 15 is 0 Å². The summed E-state index contributed by atoms with van der Waals surface area (Å²) in [5, 5.41) is 4.31. The Morgan fingerprint density at radius 2 is 1.42 bits per heavy atom. The Bertz CT molecular complexity index is 1520. The Morgan fingerprint density at radius 3 is 2.08 bits per heavy atom. The number of nitrogens with one attached hydrogen (secondary N) is 2. The molecule has 0 radical (unpaired) electrons. The second kappa shape index (κ2) is 9.67. The van der Waals surface area contributed by atoms with Crippen LogP contribution in [-0.2, 0) is 14.8 Å². The van der Waals surface area contributed by atoms with Crippen molar-refractivity contribution in [2.24, 2.45) is 5.10 Å². The van der Waals surface area contributed by atoms with Crippen LogP contribution in [0.3, 0.4) is 0 Å². The molecule has 1 amide bonds. The van der Waals surface area contributed by atoms with Crippen LogP contribution < -0.4 is 14.9 Å². The zero-order chi connectivity index (χ0) is 25.1. The summed E-state index contributed by atoms with van der Waals surface area (Å²) in [7, 11) is -3.72. The van der Waals surface area contributed by atoms with Crippen molar-refractivity contribution >= 4 is 27.3 Å². The summed E-state index contributed by atoms with van der Waals surface area (Å²) in [4.78, 5) is 13.5. The number of hydrazone groups is 1. The van der Waals surface area contributed by atoms with Crippen molar-refractivity contribution in [3.8, 4) is 11.5 Å².